The van der Waals surface area contributed by atoms with Crippen LogP contribution in [0.15, 0.2) is 18.2 Å². The van der Waals surface area contributed by atoms with Gasteiger partial charge < -0.3 is 20.9 Å². The number of rotatable bonds is 2. The highest BCUT2D eigenvalue weighted by Gasteiger charge is 2.29. The van der Waals surface area contributed by atoms with Crippen LogP contribution in [0, 0.1) is 11.8 Å². The fourth-order valence-corrected chi connectivity index (χ4v) is 2.75. The van der Waals surface area contributed by atoms with Crippen LogP contribution in [0.2, 0.25) is 0 Å². The lowest BCUT2D eigenvalue weighted by molar-refractivity contribution is 0.0941. The summed E-state index contributed by atoms with van der Waals surface area (Å²) in [4.78, 5) is 24.1. The Kier molecular flexibility index (Phi) is 4.65. The van der Waals surface area contributed by atoms with Gasteiger partial charge in [0.15, 0.2) is 5.69 Å². The van der Waals surface area contributed by atoms with E-state index in [1.54, 1.807) is 25.1 Å². The van der Waals surface area contributed by atoms with Crippen LogP contribution in [0.3, 0.4) is 0 Å². The molecule has 1 atom stereocenters. The third kappa shape index (κ3) is 3.12. The number of aliphatic hydroxyl groups excluding tert-OH is 1. The van der Waals surface area contributed by atoms with Gasteiger partial charge in [0.2, 0.25) is 0 Å². The van der Waals surface area contributed by atoms with E-state index in [1.807, 2.05) is 0 Å². The molecule has 1 aromatic carbocycles. The van der Waals surface area contributed by atoms with Crippen LogP contribution in [0.25, 0.3) is 5.69 Å². The second kappa shape index (κ2) is 6.90. The van der Waals surface area contributed by atoms with E-state index >= 15 is 0 Å². The van der Waals surface area contributed by atoms with Crippen LogP contribution in [-0.4, -0.2) is 46.5 Å². The Morgan fingerprint density at radius 3 is 2.88 bits per heavy atom. The Morgan fingerprint density at radius 1 is 1.46 bits per heavy atom. The van der Waals surface area contributed by atoms with Crippen molar-refractivity contribution in [2.45, 2.75) is 19.4 Å². The Balaban J connectivity index is 2.22. The van der Waals surface area contributed by atoms with Gasteiger partial charge in [-0.25, -0.2) is 4.68 Å². The number of fused-ring (bicyclic) bond motifs is 3. The highest BCUT2D eigenvalue weighted by molar-refractivity contribution is 6.06. The largest absolute Gasteiger partial charge is 0.491 e. The van der Waals surface area contributed by atoms with Gasteiger partial charge in [-0.3, -0.25) is 9.59 Å². The third-order valence-electron chi connectivity index (χ3n) is 3.88. The zero-order chi connectivity index (χ0) is 18.8. The predicted octanol–water partition coefficient (Wildman–Crippen LogP) is -0.00200. The number of nitrogens with two attached hydrogens (primary N) is 1. The maximum absolute atomic E-state index is 12.3. The second-order valence-electron chi connectivity index (χ2n) is 5.75. The number of hydrogen-bond acceptors (Lipinski definition) is 5. The lowest BCUT2D eigenvalue weighted by atomic mass is 10.1. The van der Waals surface area contributed by atoms with Crippen molar-refractivity contribution in [1.82, 2.24) is 15.1 Å². The van der Waals surface area contributed by atoms with Crippen molar-refractivity contribution in [2.24, 2.45) is 5.73 Å². The molecule has 0 bridgehead atoms. The van der Waals surface area contributed by atoms with E-state index in [0.29, 0.717) is 35.7 Å². The van der Waals surface area contributed by atoms with Crippen LogP contribution in [-0.2, 0) is 6.42 Å². The summed E-state index contributed by atoms with van der Waals surface area (Å²) in [5, 5.41) is 16.1. The molecule has 4 N–H and O–H groups in total. The molecule has 1 aliphatic heterocycles. The molecule has 8 nitrogen and oxygen atoms in total. The van der Waals surface area contributed by atoms with Crippen LogP contribution in [0.1, 0.15) is 39.0 Å². The number of carbonyl (C=O) groups excluding carboxylic acids is 2. The Morgan fingerprint density at radius 2 is 2.23 bits per heavy atom. The Hall–Kier alpha value is -3.31. The van der Waals surface area contributed by atoms with E-state index in [0.717, 1.165) is 0 Å². The normalized spacial score (nSPS) is 13.2. The lowest BCUT2D eigenvalue weighted by Crippen LogP contribution is -2.24. The molecule has 0 saturated heterocycles. The van der Waals surface area contributed by atoms with Crippen molar-refractivity contribution in [2.75, 3.05) is 13.7 Å². The van der Waals surface area contributed by atoms with Gasteiger partial charge in [-0.2, -0.15) is 5.10 Å². The topological polar surface area (TPSA) is 119 Å². The molecule has 0 radical (unpaired) electrons. The Labute approximate surface area is 149 Å². The molecule has 0 unspecified atom stereocenters. The van der Waals surface area contributed by atoms with Gasteiger partial charge in [0.25, 0.3) is 11.8 Å². The molecule has 1 aromatic heterocycles. The first-order valence-electron chi connectivity index (χ1n) is 8.03. The van der Waals surface area contributed by atoms with Crippen molar-refractivity contribution in [3.63, 3.8) is 0 Å². The summed E-state index contributed by atoms with van der Waals surface area (Å²) in [6.07, 6.45) is -0.376. The molecule has 26 heavy (non-hydrogen) atoms. The van der Waals surface area contributed by atoms with Gasteiger partial charge in [-0.15, -0.1) is 0 Å². The molecule has 0 saturated carbocycles. The number of amides is 2. The summed E-state index contributed by atoms with van der Waals surface area (Å²) in [7, 11) is 1.47. The fourth-order valence-electron chi connectivity index (χ4n) is 2.75. The molecule has 8 heteroatoms. The van der Waals surface area contributed by atoms with E-state index in [2.05, 4.69) is 22.3 Å². The summed E-state index contributed by atoms with van der Waals surface area (Å²) in [5.74, 6) is 4.86. The minimum Gasteiger partial charge on any atom is -0.491 e. The number of carbonyl (C=O) groups is 2. The summed E-state index contributed by atoms with van der Waals surface area (Å²) in [6.45, 7) is 1.89. The number of hydrogen-bond donors (Lipinski definition) is 3. The van der Waals surface area contributed by atoms with E-state index in [1.165, 1.54) is 11.7 Å². The summed E-state index contributed by atoms with van der Waals surface area (Å²) >= 11 is 0. The molecule has 2 aromatic rings. The minimum atomic E-state index is -0.781. The van der Waals surface area contributed by atoms with Crippen molar-refractivity contribution >= 4 is 11.8 Å². The molecule has 2 heterocycles. The third-order valence-corrected chi connectivity index (χ3v) is 3.88. The number of aromatic nitrogens is 2. The zero-order valence-electron chi connectivity index (χ0n) is 14.4. The van der Waals surface area contributed by atoms with E-state index in [-0.39, 0.29) is 11.3 Å². The molecule has 2 amide bonds. The molecule has 0 spiro atoms. The van der Waals surface area contributed by atoms with Crippen molar-refractivity contribution in [3.8, 4) is 23.3 Å². The maximum atomic E-state index is 12.3. The molecule has 0 aliphatic carbocycles. The van der Waals surface area contributed by atoms with Crippen molar-refractivity contribution in [1.29, 1.82) is 0 Å². The molecule has 134 valence electrons. The number of aliphatic hydroxyl groups is 1. The van der Waals surface area contributed by atoms with E-state index in [4.69, 9.17) is 10.5 Å². The van der Waals surface area contributed by atoms with Gasteiger partial charge >= 0.3 is 0 Å². The van der Waals surface area contributed by atoms with Crippen LogP contribution < -0.4 is 15.8 Å². The van der Waals surface area contributed by atoms with Crippen molar-refractivity contribution < 1.29 is 19.4 Å². The first-order chi connectivity index (χ1) is 12.4. The molecular formula is C18H18N4O4. The maximum Gasteiger partial charge on any atom is 0.270 e. The lowest BCUT2D eigenvalue weighted by Gasteiger charge is -2.08. The quantitative estimate of drug-likeness (QED) is 0.656. The van der Waals surface area contributed by atoms with Gasteiger partial charge in [-0.05, 0) is 25.1 Å². The number of ether oxygens (including phenoxy) is 1. The van der Waals surface area contributed by atoms with Crippen LogP contribution >= 0.6 is 0 Å². The average molecular weight is 354 g/mol. The van der Waals surface area contributed by atoms with E-state index in [9.17, 15) is 14.7 Å². The van der Waals surface area contributed by atoms with Crippen molar-refractivity contribution in [3.05, 3.63) is 40.7 Å². The highest BCUT2D eigenvalue weighted by atomic mass is 16.5. The number of nitrogens with zero attached hydrogens (tertiary/aromatic N) is 2. The van der Waals surface area contributed by atoms with Gasteiger partial charge in [-0.1, -0.05) is 11.8 Å². The second-order valence-corrected chi connectivity index (χ2v) is 5.75. The first-order valence-corrected chi connectivity index (χ1v) is 8.03. The average Bonchev–Trinajstić information content (AvgIpc) is 2.90. The Bertz CT molecular complexity index is 950. The summed E-state index contributed by atoms with van der Waals surface area (Å²) in [6, 6.07) is 5.23. The SMILES string of the molecule is CNC(=O)c1c(C(N)=O)nn2c1CCOc1ccc(C#C[C@@H](C)O)cc1-2. The first kappa shape index (κ1) is 17.5. The number of primary amides is 1. The molecular weight excluding hydrogens is 336 g/mol. The summed E-state index contributed by atoms with van der Waals surface area (Å²) < 4.78 is 7.23. The summed E-state index contributed by atoms with van der Waals surface area (Å²) in [5.41, 5.74) is 7.20. The minimum absolute atomic E-state index is 0.0901. The van der Waals surface area contributed by atoms with Crippen LogP contribution in [0.5, 0.6) is 5.75 Å². The molecule has 0 fully saturated rings. The molecule has 1 aliphatic rings. The van der Waals surface area contributed by atoms with E-state index < -0.39 is 17.9 Å². The van der Waals surface area contributed by atoms with Gasteiger partial charge in [0.1, 0.15) is 17.5 Å². The molecule has 3 rings (SSSR count). The van der Waals surface area contributed by atoms with Crippen LogP contribution in [0.4, 0.5) is 0 Å². The predicted molar refractivity (Wildman–Crippen MR) is 93.2 cm³/mol. The monoisotopic (exact) mass is 354 g/mol. The standard InChI is InChI=1S/C18H18N4O4/c1-10(23)3-4-11-5-6-14-13(9-11)22-12(7-8-26-14)15(18(25)20-2)16(21-22)17(19)24/h5-6,9-10,23H,7-8H2,1-2H3,(H2,19,24)(H,20,25)/t10-/m1/s1. The smallest absolute Gasteiger partial charge is 0.270 e. The highest BCUT2D eigenvalue weighted by Crippen LogP contribution is 2.30. The van der Waals surface area contributed by atoms with Gasteiger partial charge in [0, 0.05) is 19.0 Å². The zero-order valence-corrected chi connectivity index (χ0v) is 14.4. The number of benzene rings is 1. The number of nitrogens with one attached hydrogen (secondary N) is 1. The fraction of sp³-hybridized carbons (Fsp3) is 0.278. The van der Waals surface area contributed by atoms with Gasteiger partial charge in [0.05, 0.1) is 17.9 Å².